The van der Waals surface area contributed by atoms with Crippen LogP contribution in [-0.4, -0.2) is 85.7 Å². The molecule has 10 heteroatoms. The predicted octanol–water partition coefficient (Wildman–Crippen LogP) is 2.47. The summed E-state index contributed by atoms with van der Waals surface area (Å²) in [6, 6.07) is 7.67. The second-order valence-corrected chi connectivity index (χ2v) is 12.7. The molecule has 1 saturated carbocycles. The summed E-state index contributed by atoms with van der Waals surface area (Å²) in [4.78, 5) is 27.9. The lowest BCUT2D eigenvalue weighted by molar-refractivity contribution is -0.147. The maximum atomic E-state index is 13.4. The minimum atomic E-state index is -3.75. The second kappa shape index (κ2) is 9.43. The highest BCUT2D eigenvalue weighted by molar-refractivity contribution is 7.89. The quantitative estimate of drug-likeness (QED) is 0.660. The number of benzene rings is 1. The molecule has 0 radical (unpaired) electrons. The highest BCUT2D eigenvalue weighted by Gasteiger charge is 2.56. The number of sulfonamides is 1. The van der Waals surface area contributed by atoms with Crippen LogP contribution in [0, 0.1) is 35.5 Å². The van der Waals surface area contributed by atoms with Crippen LogP contribution >= 0.6 is 0 Å². The van der Waals surface area contributed by atoms with Crippen molar-refractivity contribution >= 4 is 22.0 Å². The van der Waals surface area contributed by atoms with Gasteiger partial charge >= 0.3 is 12.0 Å². The van der Waals surface area contributed by atoms with Gasteiger partial charge in [-0.2, -0.15) is 5.26 Å². The van der Waals surface area contributed by atoms with Crippen LogP contribution < -0.4 is 0 Å². The molecule has 0 bridgehead atoms. The lowest BCUT2D eigenvalue weighted by Gasteiger charge is -2.35. The number of amides is 2. The van der Waals surface area contributed by atoms with Crippen molar-refractivity contribution in [2.24, 2.45) is 17.3 Å². The third-order valence-electron chi connectivity index (χ3n) is 8.13. The van der Waals surface area contributed by atoms with E-state index in [0.717, 1.165) is 11.1 Å². The number of urea groups is 1. The van der Waals surface area contributed by atoms with Gasteiger partial charge in [-0.3, -0.25) is 4.79 Å². The van der Waals surface area contributed by atoms with E-state index < -0.39 is 21.4 Å². The van der Waals surface area contributed by atoms with Gasteiger partial charge in [0, 0.05) is 40.3 Å². The molecular weight excluding hydrogens is 468 g/mol. The Morgan fingerprint density at radius 2 is 1.77 bits per heavy atom. The average molecular weight is 503 g/mol. The van der Waals surface area contributed by atoms with E-state index >= 15 is 0 Å². The molecule has 1 aliphatic carbocycles. The molecule has 1 N–H and O–H groups in total. The Labute approximate surface area is 207 Å². The molecule has 0 aromatic heterocycles. The van der Waals surface area contributed by atoms with E-state index in [1.54, 1.807) is 25.1 Å². The van der Waals surface area contributed by atoms with Gasteiger partial charge in [0.05, 0.1) is 22.8 Å². The number of carbonyl (C=O) groups is 2. The molecule has 0 spiro atoms. The summed E-state index contributed by atoms with van der Waals surface area (Å²) in [5.41, 5.74) is 1.49. The number of aliphatic carboxylic acids is 1. The molecule has 2 saturated heterocycles. The zero-order chi connectivity index (χ0) is 25.5. The molecule has 2 amide bonds. The van der Waals surface area contributed by atoms with Crippen LogP contribution in [0.4, 0.5) is 4.79 Å². The monoisotopic (exact) mass is 502 g/mol. The molecule has 3 aliphatic rings. The van der Waals surface area contributed by atoms with Crippen LogP contribution in [0.25, 0.3) is 0 Å². The first-order valence-corrected chi connectivity index (χ1v) is 13.7. The van der Waals surface area contributed by atoms with Crippen molar-refractivity contribution in [3.63, 3.8) is 0 Å². The van der Waals surface area contributed by atoms with Crippen molar-refractivity contribution < 1.29 is 23.1 Å². The van der Waals surface area contributed by atoms with Gasteiger partial charge in [0.1, 0.15) is 0 Å². The van der Waals surface area contributed by atoms with Gasteiger partial charge in [0.2, 0.25) is 10.0 Å². The third kappa shape index (κ3) is 4.89. The van der Waals surface area contributed by atoms with E-state index in [9.17, 15) is 23.1 Å². The molecule has 35 heavy (non-hydrogen) atoms. The number of likely N-dealkylation sites (tertiary alicyclic amines) is 1. The van der Waals surface area contributed by atoms with Gasteiger partial charge in [0.15, 0.2) is 0 Å². The highest BCUT2D eigenvalue weighted by Crippen LogP contribution is 2.50. The molecular formula is C25H34N4O5S. The lowest BCUT2D eigenvalue weighted by atomic mass is 9.87. The third-order valence-corrected chi connectivity index (χ3v) is 10.2. The summed E-state index contributed by atoms with van der Waals surface area (Å²) >= 11 is 0. The van der Waals surface area contributed by atoms with Crippen LogP contribution in [0.3, 0.4) is 0 Å². The summed E-state index contributed by atoms with van der Waals surface area (Å²) in [5.74, 6) is -1.20. The number of nitrogens with zero attached hydrogens (tertiary/aromatic N) is 4. The second-order valence-electron chi connectivity index (χ2n) is 10.7. The number of nitriles is 1. The van der Waals surface area contributed by atoms with Crippen molar-refractivity contribution in [3.05, 3.63) is 34.9 Å². The van der Waals surface area contributed by atoms with Crippen molar-refractivity contribution in [1.29, 1.82) is 5.26 Å². The molecule has 1 aromatic carbocycles. The Bertz CT molecular complexity index is 1140. The fourth-order valence-electron chi connectivity index (χ4n) is 6.37. The van der Waals surface area contributed by atoms with Crippen LogP contribution in [0.5, 0.6) is 0 Å². The van der Waals surface area contributed by atoms with Crippen LogP contribution in [0.15, 0.2) is 18.2 Å². The van der Waals surface area contributed by atoms with Crippen molar-refractivity contribution in [3.8, 4) is 6.07 Å². The van der Waals surface area contributed by atoms with Crippen LogP contribution in [-0.2, 0) is 14.8 Å². The number of carbonyl (C=O) groups excluding carboxylic acids is 1. The Morgan fingerprint density at radius 3 is 2.26 bits per heavy atom. The molecule has 2 aliphatic heterocycles. The van der Waals surface area contributed by atoms with Gasteiger partial charge in [-0.25, -0.2) is 17.5 Å². The molecule has 2 atom stereocenters. The van der Waals surface area contributed by atoms with Gasteiger partial charge in [0.25, 0.3) is 0 Å². The first kappa shape index (κ1) is 25.5. The van der Waals surface area contributed by atoms with E-state index in [0.29, 0.717) is 44.6 Å². The Kier molecular flexibility index (Phi) is 6.86. The number of carboxylic acid groups (broad SMARTS) is 1. The number of piperidine rings is 1. The summed E-state index contributed by atoms with van der Waals surface area (Å²) in [6.07, 6.45) is 1.90. The highest BCUT2D eigenvalue weighted by atomic mass is 32.2. The largest absolute Gasteiger partial charge is 0.481 e. The number of hydrogen-bond donors (Lipinski definition) is 1. The molecule has 9 nitrogen and oxygen atoms in total. The van der Waals surface area contributed by atoms with Gasteiger partial charge in [-0.05, 0) is 73.6 Å². The smallest absolute Gasteiger partial charge is 0.319 e. The van der Waals surface area contributed by atoms with E-state index in [-0.39, 0.29) is 42.4 Å². The fourth-order valence-corrected chi connectivity index (χ4v) is 8.38. The molecule has 4 rings (SSSR count). The van der Waals surface area contributed by atoms with Crippen molar-refractivity contribution in [2.75, 3.05) is 46.0 Å². The normalized spacial score (nSPS) is 24.7. The standard InChI is InChI=1S/C25H34N4O5S/c1-17-10-18(13-26)4-5-22(17)19-6-8-29(9-7-19)35(33,34)16-25(23(30)31)11-20-14-28(15-21(20)12-25)24(32)27(2)3/h4-5,10,19-21H,6-9,11-12,14-16H2,1-3H3,(H,30,31)/t20-,21-/m1/s1. The molecule has 0 unspecified atom stereocenters. The Balaban J connectivity index is 1.41. The van der Waals surface area contributed by atoms with E-state index in [2.05, 4.69) is 6.07 Å². The number of fused-ring (bicyclic) bond motifs is 1. The molecule has 3 fully saturated rings. The zero-order valence-corrected chi connectivity index (χ0v) is 21.4. The molecule has 190 valence electrons. The maximum absolute atomic E-state index is 13.4. The SMILES string of the molecule is Cc1cc(C#N)ccc1C1CCN(S(=O)(=O)CC2(C(=O)O)C[C@@H]3CN(C(=O)N(C)C)C[C@H]3C2)CC1. The number of aryl methyl sites for hydroxylation is 1. The summed E-state index contributed by atoms with van der Waals surface area (Å²) in [5, 5.41) is 19.2. The summed E-state index contributed by atoms with van der Waals surface area (Å²) < 4.78 is 28.2. The Morgan fingerprint density at radius 1 is 1.17 bits per heavy atom. The van der Waals surface area contributed by atoms with Gasteiger partial charge in [-0.1, -0.05) is 6.07 Å². The molecule has 1 aromatic rings. The minimum Gasteiger partial charge on any atom is -0.481 e. The predicted molar refractivity (Wildman–Crippen MR) is 130 cm³/mol. The minimum absolute atomic E-state index is 0.00953. The van der Waals surface area contributed by atoms with E-state index in [1.165, 1.54) is 9.21 Å². The van der Waals surface area contributed by atoms with Crippen molar-refractivity contribution in [1.82, 2.24) is 14.1 Å². The lowest BCUT2D eigenvalue weighted by Crippen LogP contribution is -2.46. The maximum Gasteiger partial charge on any atom is 0.319 e. The number of rotatable bonds is 5. The van der Waals surface area contributed by atoms with Crippen LogP contribution in [0.1, 0.15) is 48.3 Å². The van der Waals surface area contributed by atoms with Crippen molar-refractivity contribution in [2.45, 2.75) is 38.5 Å². The topological polar surface area (TPSA) is 122 Å². The zero-order valence-electron chi connectivity index (χ0n) is 20.6. The summed E-state index contributed by atoms with van der Waals surface area (Å²) in [7, 11) is -0.368. The fraction of sp³-hybridized carbons (Fsp3) is 0.640. The van der Waals surface area contributed by atoms with Gasteiger partial charge < -0.3 is 14.9 Å². The number of hydrogen-bond acceptors (Lipinski definition) is 5. The van der Waals surface area contributed by atoms with E-state index in [1.807, 2.05) is 19.1 Å². The van der Waals surface area contributed by atoms with E-state index in [4.69, 9.17) is 5.26 Å². The summed E-state index contributed by atoms with van der Waals surface area (Å²) in [6.45, 7) is 3.65. The Hall–Kier alpha value is -2.64. The molecule has 2 heterocycles. The van der Waals surface area contributed by atoms with Gasteiger partial charge in [-0.15, -0.1) is 0 Å². The first-order valence-electron chi connectivity index (χ1n) is 12.1. The first-order chi connectivity index (χ1) is 16.5. The number of carboxylic acids is 1. The van der Waals surface area contributed by atoms with Crippen LogP contribution in [0.2, 0.25) is 0 Å². The average Bonchev–Trinajstić information content (AvgIpc) is 3.35.